The number of pyridine rings is 1. The third-order valence-corrected chi connectivity index (χ3v) is 5.98. The van der Waals surface area contributed by atoms with E-state index in [-0.39, 0.29) is 43.0 Å². The van der Waals surface area contributed by atoms with Gasteiger partial charge in [-0.15, -0.1) is 0 Å². The summed E-state index contributed by atoms with van der Waals surface area (Å²) in [4.78, 5) is 50.0. The fourth-order valence-corrected chi connectivity index (χ4v) is 4.01. The van der Waals surface area contributed by atoms with Crippen LogP contribution in [0.4, 0.5) is 0 Å². The standard InChI is InChI=1S/C26H29N5O5/c1-18-17-19(2)31(26(34)28-18)12-10-23(32)30-14-13-29(3)25(33)20-7-6-11-27-24(20)36-22-9-5-4-8-21(22)35-16-15-30/h4-9,11,17H,10,12-16H2,1-3H3. The van der Waals surface area contributed by atoms with Crippen molar-refractivity contribution in [2.45, 2.75) is 26.8 Å². The number of aromatic nitrogens is 3. The number of carbonyl (C=O) groups excluding carboxylic acids is 2. The van der Waals surface area contributed by atoms with E-state index in [1.807, 2.05) is 19.1 Å². The van der Waals surface area contributed by atoms with Gasteiger partial charge in [0.25, 0.3) is 5.91 Å². The van der Waals surface area contributed by atoms with Crippen LogP contribution in [0.1, 0.15) is 28.2 Å². The van der Waals surface area contributed by atoms with Gasteiger partial charge in [0, 0.05) is 50.7 Å². The van der Waals surface area contributed by atoms with Crippen molar-refractivity contribution < 1.29 is 19.1 Å². The van der Waals surface area contributed by atoms with E-state index in [1.165, 1.54) is 9.47 Å². The molecule has 0 fully saturated rings. The van der Waals surface area contributed by atoms with Crippen molar-refractivity contribution in [1.82, 2.24) is 24.3 Å². The molecular formula is C26H29N5O5. The monoisotopic (exact) mass is 491 g/mol. The van der Waals surface area contributed by atoms with Gasteiger partial charge in [-0.05, 0) is 44.2 Å². The van der Waals surface area contributed by atoms with Gasteiger partial charge < -0.3 is 19.3 Å². The highest BCUT2D eigenvalue weighted by molar-refractivity contribution is 5.96. The van der Waals surface area contributed by atoms with Crippen molar-refractivity contribution in [2.24, 2.45) is 0 Å². The second-order valence-corrected chi connectivity index (χ2v) is 8.58. The number of nitrogens with zero attached hydrogens (tertiary/aromatic N) is 5. The van der Waals surface area contributed by atoms with Crippen molar-refractivity contribution in [3.8, 4) is 17.4 Å². The molecular weight excluding hydrogens is 462 g/mol. The lowest BCUT2D eigenvalue weighted by molar-refractivity contribution is -0.132. The van der Waals surface area contributed by atoms with Gasteiger partial charge in [-0.25, -0.2) is 9.78 Å². The first-order chi connectivity index (χ1) is 17.3. The van der Waals surface area contributed by atoms with Crippen LogP contribution in [-0.2, 0) is 11.3 Å². The van der Waals surface area contributed by atoms with Crippen molar-refractivity contribution in [1.29, 1.82) is 0 Å². The summed E-state index contributed by atoms with van der Waals surface area (Å²) in [6, 6.07) is 12.3. The van der Waals surface area contributed by atoms with Crippen LogP contribution >= 0.6 is 0 Å². The SMILES string of the molecule is Cc1cc(C)n(CCC(=O)N2CCOc3ccccc3Oc3ncccc3C(=O)N(C)CC2)c(=O)n1. The van der Waals surface area contributed by atoms with Crippen molar-refractivity contribution in [3.05, 3.63) is 76.1 Å². The van der Waals surface area contributed by atoms with Crippen molar-refractivity contribution >= 4 is 11.8 Å². The third kappa shape index (κ3) is 5.70. The Hall–Kier alpha value is -4.21. The Bertz CT molecular complexity index is 1320. The first-order valence-electron chi connectivity index (χ1n) is 11.8. The van der Waals surface area contributed by atoms with Crippen LogP contribution in [0.5, 0.6) is 17.4 Å². The quantitative estimate of drug-likeness (QED) is 0.554. The summed E-state index contributed by atoms with van der Waals surface area (Å²) < 4.78 is 13.4. The number of hydrogen-bond donors (Lipinski definition) is 0. The van der Waals surface area contributed by atoms with Gasteiger partial charge in [-0.2, -0.15) is 4.98 Å². The van der Waals surface area contributed by atoms with Gasteiger partial charge in [-0.3, -0.25) is 14.2 Å². The molecule has 0 unspecified atom stereocenters. The maximum atomic E-state index is 13.2. The van der Waals surface area contributed by atoms with Gasteiger partial charge in [0.05, 0.1) is 6.54 Å². The number of carbonyl (C=O) groups is 2. The first-order valence-corrected chi connectivity index (χ1v) is 11.8. The highest BCUT2D eigenvalue weighted by Gasteiger charge is 2.22. The van der Waals surface area contributed by atoms with Gasteiger partial charge in [0.15, 0.2) is 11.5 Å². The predicted molar refractivity (Wildman–Crippen MR) is 132 cm³/mol. The zero-order chi connectivity index (χ0) is 25.7. The van der Waals surface area contributed by atoms with E-state index >= 15 is 0 Å². The summed E-state index contributed by atoms with van der Waals surface area (Å²) in [5, 5.41) is 0. The molecule has 3 heterocycles. The molecule has 0 saturated carbocycles. The summed E-state index contributed by atoms with van der Waals surface area (Å²) in [5.74, 6) is 0.676. The molecule has 2 amide bonds. The van der Waals surface area contributed by atoms with Crippen molar-refractivity contribution in [3.63, 3.8) is 0 Å². The molecule has 1 aliphatic rings. The van der Waals surface area contributed by atoms with Crippen LogP contribution in [0.25, 0.3) is 0 Å². The number of fused-ring (bicyclic) bond motifs is 2. The number of rotatable bonds is 3. The summed E-state index contributed by atoms with van der Waals surface area (Å²) in [6.07, 6.45) is 1.68. The third-order valence-electron chi connectivity index (χ3n) is 5.98. The molecule has 1 aliphatic heterocycles. The second-order valence-electron chi connectivity index (χ2n) is 8.58. The number of aryl methyl sites for hydroxylation is 2. The first kappa shape index (κ1) is 24.9. The van der Waals surface area contributed by atoms with Gasteiger partial charge in [0.2, 0.25) is 11.8 Å². The minimum atomic E-state index is -0.372. The van der Waals surface area contributed by atoms with Crippen LogP contribution in [0.2, 0.25) is 0 Å². The van der Waals surface area contributed by atoms with Crippen LogP contribution in [-0.4, -0.2) is 69.4 Å². The van der Waals surface area contributed by atoms with Crippen molar-refractivity contribution in [2.75, 3.05) is 33.3 Å². The van der Waals surface area contributed by atoms with Gasteiger partial charge >= 0.3 is 5.69 Å². The summed E-state index contributed by atoms with van der Waals surface area (Å²) in [5.41, 5.74) is 1.34. The lowest BCUT2D eigenvalue weighted by Crippen LogP contribution is -2.42. The fourth-order valence-electron chi connectivity index (χ4n) is 4.01. The number of amides is 2. The van der Waals surface area contributed by atoms with Gasteiger partial charge in [-0.1, -0.05) is 12.1 Å². The van der Waals surface area contributed by atoms with E-state index in [9.17, 15) is 14.4 Å². The molecule has 10 heteroatoms. The maximum absolute atomic E-state index is 13.2. The molecule has 0 bridgehead atoms. The number of likely N-dealkylation sites (N-methyl/N-ethyl adjacent to an activating group) is 1. The predicted octanol–water partition coefficient (Wildman–Crippen LogP) is 2.43. The highest BCUT2D eigenvalue weighted by Crippen LogP contribution is 2.32. The van der Waals surface area contributed by atoms with Gasteiger partial charge in [0.1, 0.15) is 12.2 Å². The lowest BCUT2D eigenvalue weighted by Gasteiger charge is -2.26. The average molecular weight is 492 g/mol. The second kappa shape index (κ2) is 11.0. The molecule has 0 atom stereocenters. The maximum Gasteiger partial charge on any atom is 0.347 e. The molecule has 0 radical (unpaired) electrons. The van der Waals surface area contributed by atoms with Crippen LogP contribution in [0.15, 0.2) is 53.5 Å². The minimum absolute atomic E-state index is 0.121. The molecule has 36 heavy (non-hydrogen) atoms. The van der Waals surface area contributed by atoms with E-state index in [1.54, 1.807) is 55.4 Å². The molecule has 0 N–H and O–H groups in total. The van der Waals surface area contributed by atoms with E-state index in [4.69, 9.17) is 9.47 Å². The Labute approximate surface area is 209 Å². The van der Waals surface area contributed by atoms with Crippen LogP contribution in [0.3, 0.4) is 0 Å². The normalized spacial score (nSPS) is 14.4. The Morgan fingerprint density at radius 1 is 1.03 bits per heavy atom. The van der Waals surface area contributed by atoms with Crippen LogP contribution < -0.4 is 15.2 Å². The van der Waals surface area contributed by atoms with E-state index in [0.717, 1.165) is 5.69 Å². The molecule has 2 aromatic heterocycles. The summed E-state index contributed by atoms with van der Waals surface area (Å²) in [7, 11) is 1.67. The molecule has 0 aliphatic carbocycles. The van der Waals surface area contributed by atoms with E-state index in [2.05, 4.69) is 9.97 Å². The molecule has 1 aromatic carbocycles. The molecule has 4 rings (SSSR count). The molecule has 0 spiro atoms. The Morgan fingerprint density at radius 2 is 1.81 bits per heavy atom. The molecule has 0 saturated heterocycles. The Morgan fingerprint density at radius 3 is 2.58 bits per heavy atom. The smallest absolute Gasteiger partial charge is 0.347 e. The molecule has 3 aromatic rings. The zero-order valence-electron chi connectivity index (χ0n) is 20.6. The lowest BCUT2D eigenvalue weighted by atomic mass is 10.2. The largest absolute Gasteiger partial charge is 0.488 e. The Balaban J connectivity index is 1.55. The Kier molecular flexibility index (Phi) is 7.62. The average Bonchev–Trinajstić information content (AvgIpc) is 2.86. The van der Waals surface area contributed by atoms with Crippen LogP contribution in [0, 0.1) is 13.8 Å². The summed E-state index contributed by atoms with van der Waals surface area (Å²) >= 11 is 0. The molecule has 188 valence electrons. The fraction of sp³-hybridized carbons (Fsp3) is 0.346. The zero-order valence-corrected chi connectivity index (χ0v) is 20.6. The number of ether oxygens (including phenoxy) is 2. The molecule has 10 nitrogen and oxygen atoms in total. The summed E-state index contributed by atoms with van der Waals surface area (Å²) in [6.45, 7) is 4.95. The number of hydrogen-bond acceptors (Lipinski definition) is 7. The minimum Gasteiger partial charge on any atom is -0.488 e. The number of benzene rings is 1. The highest BCUT2D eigenvalue weighted by atomic mass is 16.5. The van der Waals surface area contributed by atoms with E-state index < -0.39 is 0 Å². The number of para-hydroxylation sites is 2. The van der Waals surface area contributed by atoms with E-state index in [0.29, 0.717) is 42.4 Å². The topological polar surface area (TPSA) is 107 Å².